The van der Waals surface area contributed by atoms with Crippen LogP contribution in [-0.4, -0.2) is 55.0 Å². The zero-order chi connectivity index (χ0) is 21.8. The van der Waals surface area contributed by atoms with Crippen molar-refractivity contribution < 1.29 is 19.1 Å². The van der Waals surface area contributed by atoms with E-state index in [2.05, 4.69) is 12.1 Å². The van der Waals surface area contributed by atoms with Gasteiger partial charge in [0.15, 0.2) is 0 Å². The fourth-order valence-corrected chi connectivity index (χ4v) is 4.31. The Morgan fingerprint density at radius 1 is 0.968 bits per heavy atom. The summed E-state index contributed by atoms with van der Waals surface area (Å²) in [5.74, 6) is 0.0892. The van der Waals surface area contributed by atoms with Crippen LogP contribution in [0, 0.1) is 0 Å². The van der Waals surface area contributed by atoms with E-state index in [0.717, 1.165) is 6.42 Å². The van der Waals surface area contributed by atoms with Crippen LogP contribution in [0.5, 0.6) is 5.75 Å². The van der Waals surface area contributed by atoms with Gasteiger partial charge in [0, 0.05) is 38.4 Å². The topological polar surface area (TPSA) is 59.1 Å². The fourth-order valence-electron chi connectivity index (χ4n) is 4.31. The van der Waals surface area contributed by atoms with Crippen LogP contribution in [0.4, 0.5) is 0 Å². The first kappa shape index (κ1) is 21.1. The largest absolute Gasteiger partial charge is 0.496 e. The van der Waals surface area contributed by atoms with Gasteiger partial charge >= 0.3 is 0 Å². The maximum absolute atomic E-state index is 13.5. The molecule has 0 aromatic heterocycles. The molecule has 2 aromatic rings. The van der Waals surface area contributed by atoms with E-state index < -0.39 is 0 Å². The molecule has 2 heterocycles. The van der Waals surface area contributed by atoms with Crippen molar-refractivity contribution in [1.82, 2.24) is 9.80 Å². The second-order valence-corrected chi connectivity index (χ2v) is 7.68. The minimum absolute atomic E-state index is 0.234. The third-order valence-corrected chi connectivity index (χ3v) is 5.84. The summed E-state index contributed by atoms with van der Waals surface area (Å²) in [6, 6.07) is 15.7. The van der Waals surface area contributed by atoms with Crippen LogP contribution in [0.1, 0.15) is 30.0 Å². The van der Waals surface area contributed by atoms with E-state index in [-0.39, 0.29) is 11.8 Å². The lowest BCUT2D eigenvalue weighted by Gasteiger charge is -2.31. The molecule has 0 radical (unpaired) electrons. The van der Waals surface area contributed by atoms with Gasteiger partial charge in [-0.2, -0.15) is 0 Å². The second-order valence-electron chi connectivity index (χ2n) is 7.68. The maximum atomic E-state index is 13.5. The van der Waals surface area contributed by atoms with Crippen molar-refractivity contribution in [3.05, 3.63) is 70.9 Å². The van der Waals surface area contributed by atoms with Gasteiger partial charge in [0.2, 0.25) is 0 Å². The van der Waals surface area contributed by atoms with Crippen molar-refractivity contribution >= 4 is 17.4 Å². The molecule has 0 saturated heterocycles. The predicted octanol–water partition coefficient (Wildman–Crippen LogP) is 3.26. The van der Waals surface area contributed by atoms with E-state index in [1.54, 1.807) is 7.11 Å². The third-order valence-electron chi connectivity index (χ3n) is 5.84. The summed E-state index contributed by atoms with van der Waals surface area (Å²) in [6.45, 7) is 4.70. The SMILES string of the molecule is CCOCCCN1C(=O)C(c2ccccc2OC)=C(N2CCc3ccccc3C2)C1=O. The number of ether oxygens (including phenoxy) is 2. The number of benzene rings is 2. The molecule has 4 rings (SSSR count). The Labute approximate surface area is 183 Å². The lowest BCUT2D eigenvalue weighted by atomic mass is 9.97. The number of methoxy groups -OCH3 is 1. The predicted molar refractivity (Wildman–Crippen MR) is 118 cm³/mol. The number of fused-ring (bicyclic) bond motifs is 1. The van der Waals surface area contributed by atoms with E-state index in [9.17, 15) is 9.59 Å². The quantitative estimate of drug-likeness (QED) is 0.485. The summed E-state index contributed by atoms with van der Waals surface area (Å²) < 4.78 is 10.9. The molecule has 162 valence electrons. The van der Waals surface area contributed by atoms with E-state index in [1.807, 2.05) is 48.2 Å². The van der Waals surface area contributed by atoms with Gasteiger partial charge < -0.3 is 14.4 Å². The molecule has 0 saturated carbocycles. The van der Waals surface area contributed by atoms with Gasteiger partial charge in [-0.3, -0.25) is 14.5 Å². The number of hydrogen-bond acceptors (Lipinski definition) is 5. The molecule has 31 heavy (non-hydrogen) atoms. The van der Waals surface area contributed by atoms with Gasteiger partial charge in [-0.1, -0.05) is 42.5 Å². The molecule has 0 fully saturated rings. The van der Waals surface area contributed by atoms with Crippen molar-refractivity contribution in [1.29, 1.82) is 0 Å². The maximum Gasteiger partial charge on any atom is 0.277 e. The highest BCUT2D eigenvalue weighted by molar-refractivity contribution is 6.36. The number of imide groups is 1. The molecular formula is C25H28N2O4. The van der Waals surface area contributed by atoms with Gasteiger partial charge in [-0.25, -0.2) is 0 Å². The van der Waals surface area contributed by atoms with E-state index >= 15 is 0 Å². The van der Waals surface area contributed by atoms with Crippen LogP contribution in [0.3, 0.4) is 0 Å². The minimum atomic E-state index is -0.264. The Morgan fingerprint density at radius 3 is 2.48 bits per heavy atom. The van der Waals surface area contributed by atoms with Gasteiger partial charge in [-0.05, 0) is 37.0 Å². The normalized spacial score (nSPS) is 16.2. The molecular weight excluding hydrogens is 392 g/mol. The Balaban J connectivity index is 1.72. The number of para-hydroxylation sites is 1. The van der Waals surface area contributed by atoms with Gasteiger partial charge in [0.05, 0.1) is 12.7 Å². The highest BCUT2D eigenvalue weighted by atomic mass is 16.5. The Morgan fingerprint density at radius 2 is 1.71 bits per heavy atom. The van der Waals surface area contributed by atoms with E-state index in [4.69, 9.17) is 9.47 Å². The lowest BCUT2D eigenvalue weighted by Crippen LogP contribution is -2.38. The van der Waals surface area contributed by atoms with Crippen LogP contribution < -0.4 is 4.74 Å². The van der Waals surface area contributed by atoms with Crippen molar-refractivity contribution in [2.75, 3.05) is 33.4 Å². The Kier molecular flexibility index (Phi) is 6.37. The number of carbonyl (C=O) groups is 2. The number of hydrogen-bond donors (Lipinski definition) is 0. The molecule has 2 amide bonds. The average molecular weight is 421 g/mol. The van der Waals surface area contributed by atoms with Gasteiger partial charge in [0.25, 0.3) is 11.8 Å². The summed E-state index contributed by atoms with van der Waals surface area (Å²) in [4.78, 5) is 30.4. The Hall–Kier alpha value is -3.12. The second kappa shape index (κ2) is 9.35. The zero-order valence-corrected chi connectivity index (χ0v) is 18.1. The molecule has 6 heteroatoms. The Bertz CT molecular complexity index is 1010. The van der Waals surface area contributed by atoms with Gasteiger partial charge in [0.1, 0.15) is 11.4 Å². The van der Waals surface area contributed by atoms with Crippen molar-refractivity contribution in [2.24, 2.45) is 0 Å². The number of amides is 2. The lowest BCUT2D eigenvalue weighted by molar-refractivity contribution is -0.137. The zero-order valence-electron chi connectivity index (χ0n) is 18.1. The summed E-state index contributed by atoms with van der Waals surface area (Å²) in [6.07, 6.45) is 1.45. The van der Waals surface area contributed by atoms with Crippen molar-refractivity contribution in [2.45, 2.75) is 26.3 Å². The molecule has 0 unspecified atom stereocenters. The first-order valence-corrected chi connectivity index (χ1v) is 10.8. The van der Waals surface area contributed by atoms with Crippen LogP contribution in [0.2, 0.25) is 0 Å². The average Bonchev–Trinajstić information content (AvgIpc) is 3.05. The molecule has 6 nitrogen and oxygen atoms in total. The smallest absolute Gasteiger partial charge is 0.277 e. The molecule has 2 aromatic carbocycles. The van der Waals surface area contributed by atoms with Crippen molar-refractivity contribution in [3.8, 4) is 5.75 Å². The molecule has 2 aliphatic rings. The fraction of sp³-hybridized carbons (Fsp3) is 0.360. The first-order chi connectivity index (χ1) is 15.2. The van der Waals surface area contributed by atoms with E-state index in [0.29, 0.717) is 61.9 Å². The summed E-state index contributed by atoms with van der Waals surface area (Å²) in [5.41, 5.74) is 4.04. The number of carbonyl (C=O) groups excluding carboxylic acids is 2. The highest BCUT2D eigenvalue weighted by Crippen LogP contribution is 2.37. The van der Waals surface area contributed by atoms with E-state index in [1.165, 1.54) is 16.0 Å². The third kappa shape index (κ3) is 4.08. The number of rotatable bonds is 8. The summed E-state index contributed by atoms with van der Waals surface area (Å²) >= 11 is 0. The standard InChI is InChI=1S/C25H28N2O4/c1-3-31-16-8-14-27-24(28)22(20-11-6-7-12-21(20)30-2)23(25(27)29)26-15-13-18-9-4-5-10-19(18)17-26/h4-7,9-12H,3,8,13-17H2,1-2H3. The van der Waals surface area contributed by atoms with Crippen LogP contribution in [0.15, 0.2) is 54.2 Å². The summed E-state index contributed by atoms with van der Waals surface area (Å²) in [7, 11) is 1.58. The highest BCUT2D eigenvalue weighted by Gasteiger charge is 2.42. The molecule has 2 aliphatic heterocycles. The first-order valence-electron chi connectivity index (χ1n) is 10.8. The number of nitrogens with zero attached hydrogens (tertiary/aromatic N) is 2. The van der Waals surface area contributed by atoms with Crippen LogP contribution >= 0.6 is 0 Å². The van der Waals surface area contributed by atoms with Gasteiger partial charge in [-0.15, -0.1) is 0 Å². The molecule has 0 aliphatic carbocycles. The molecule has 0 bridgehead atoms. The molecule has 0 atom stereocenters. The van der Waals surface area contributed by atoms with Crippen LogP contribution in [-0.2, 0) is 27.3 Å². The summed E-state index contributed by atoms with van der Waals surface area (Å²) in [5, 5.41) is 0. The minimum Gasteiger partial charge on any atom is -0.496 e. The van der Waals surface area contributed by atoms with Crippen LogP contribution in [0.25, 0.3) is 5.57 Å². The molecule has 0 N–H and O–H groups in total. The molecule has 0 spiro atoms. The van der Waals surface area contributed by atoms with Crippen molar-refractivity contribution in [3.63, 3.8) is 0 Å². The monoisotopic (exact) mass is 420 g/mol.